The van der Waals surface area contributed by atoms with Gasteiger partial charge in [-0.3, -0.25) is 24.1 Å². The topological polar surface area (TPSA) is 216 Å². The first-order valence-corrected chi connectivity index (χ1v) is 15.8. The molecule has 15 heteroatoms. The number of ether oxygens (including phenoxy) is 5. The van der Waals surface area contributed by atoms with Gasteiger partial charge >= 0.3 is 0 Å². The third-order valence-corrected chi connectivity index (χ3v) is 10.1. The molecule has 256 valence electrons. The van der Waals surface area contributed by atoms with Crippen LogP contribution in [-0.4, -0.2) is 113 Å². The molecule has 6 N–H and O–H groups in total. The molecule has 2 aromatic rings. The van der Waals surface area contributed by atoms with E-state index in [-0.39, 0.29) is 53.1 Å². The summed E-state index contributed by atoms with van der Waals surface area (Å²) >= 11 is 0. The number of morpholine rings is 1. The van der Waals surface area contributed by atoms with Gasteiger partial charge in [0.15, 0.2) is 36.2 Å². The zero-order valence-corrected chi connectivity index (χ0v) is 26.6. The fraction of sp³-hybridized carbons (Fsp3) is 0.515. The lowest BCUT2D eigenvalue weighted by atomic mass is 9.72. The number of nitrogens with zero attached hydrogens (tertiary/aromatic N) is 1. The molecule has 3 heterocycles. The molecular formula is C33H37N3O12. The highest BCUT2D eigenvalue weighted by molar-refractivity contribution is 6.32. The summed E-state index contributed by atoms with van der Waals surface area (Å²) in [6.07, 6.45) is -4.49. The summed E-state index contributed by atoms with van der Waals surface area (Å²) in [7, 11) is 1.54. The van der Waals surface area contributed by atoms with Gasteiger partial charge < -0.3 is 50.1 Å². The molecule has 1 unspecified atom stereocenters. The molecule has 1 amide bonds. The van der Waals surface area contributed by atoms with Crippen LogP contribution in [0.3, 0.4) is 0 Å². The van der Waals surface area contributed by atoms with Crippen molar-refractivity contribution in [2.45, 2.75) is 81.9 Å². The Morgan fingerprint density at radius 2 is 1.88 bits per heavy atom. The standard InChI is InChI=1S/C33H37N3O12/c1-13-30-18(36-7-8-45-32(44-3)31(36)48-30)9-21(46-13)47-19-11-33(43,14(2)37)10-16-23(19)29(42)25-24(27(16)40)26(39)15-5-4-6-17(22(15)28(25)41)35-20(38)12-34/h4-6,13,18-19,21,30-32,40,42-43H,7-12,34H2,1-3H3,(H,35,38)/t13-,18-,19-,21?,30+,31+,32-,33-/m0/s1. The number of hydrogen-bond donors (Lipinski definition) is 5. The molecule has 8 atom stereocenters. The first kappa shape index (κ1) is 32.7. The first-order chi connectivity index (χ1) is 22.9. The van der Waals surface area contributed by atoms with Crippen LogP contribution in [0.4, 0.5) is 5.69 Å². The number of benzene rings is 2. The van der Waals surface area contributed by atoms with E-state index < -0.39 is 88.9 Å². The van der Waals surface area contributed by atoms with Gasteiger partial charge in [0, 0.05) is 55.6 Å². The Kier molecular flexibility index (Phi) is 8.16. The number of fused-ring (bicyclic) bond motifs is 6. The Bertz CT molecular complexity index is 1730. The molecule has 3 saturated heterocycles. The van der Waals surface area contributed by atoms with Crippen molar-refractivity contribution >= 4 is 28.9 Å². The molecule has 7 rings (SSSR count). The number of aliphatic hydroxyl groups is 1. The molecule has 0 spiro atoms. The van der Waals surface area contributed by atoms with Crippen molar-refractivity contribution in [2.24, 2.45) is 5.73 Å². The van der Waals surface area contributed by atoms with Gasteiger partial charge in [-0.25, -0.2) is 0 Å². The zero-order chi connectivity index (χ0) is 34.2. The van der Waals surface area contributed by atoms with Crippen LogP contribution >= 0.6 is 0 Å². The highest BCUT2D eigenvalue weighted by Crippen LogP contribution is 2.53. The second-order valence-electron chi connectivity index (χ2n) is 12.8. The first-order valence-electron chi connectivity index (χ1n) is 15.8. The summed E-state index contributed by atoms with van der Waals surface area (Å²) in [5.41, 5.74) is 2.04. The summed E-state index contributed by atoms with van der Waals surface area (Å²) in [5.74, 6) is -4.14. The van der Waals surface area contributed by atoms with Crippen LogP contribution in [0.1, 0.15) is 75.8 Å². The van der Waals surface area contributed by atoms with Gasteiger partial charge in [0.25, 0.3) is 0 Å². The average molecular weight is 668 g/mol. The normalized spacial score (nSPS) is 32.5. The summed E-state index contributed by atoms with van der Waals surface area (Å²) in [4.78, 5) is 55.0. The molecule has 0 aromatic heterocycles. The van der Waals surface area contributed by atoms with Gasteiger partial charge in [0.1, 0.15) is 23.2 Å². The Hall–Kier alpha value is -3.80. The number of anilines is 1. The fourth-order valence-electron chi connectivity index (χ4n) is 7.77. The predicted molar refractivity (Wildman–Crippen MR) is 163 cm³/mol. The number of ketones is 3. The van der Waals surface area contributed by atoms with Crippen LogP contribution in [0.5, 0.6) is 11.5 Å². The van der Waals surface area contributed by atoms with E-state index >= 15 is 0 Å². The van der Waals surface area contributed by atoms with Crippen molar-refractivity contribution in [3.63, 3.8) is 0 Å². The number of Topliss-reactive ketones (excluding diaryl/α,β-unsaturated/α-hetero) is 1. The lowest BCUT2D eigenvalue weighted by molar-refractivity contribution is -0.256. The number of nitrogens with one attached hydrogen (secondary N) is 1. The number of nitrogens with two attached hydrogens (primary N) is 1. The van der Waals surface area contributed by atoms with Crippen molar-refractivity contribution in [2.75, 3.05) is 32.1 Å². The number of hydrogen-bond acceptors (Lipinski definition) is 14. The molecule has 0 radical (unpaired) electrons. The highest BCUT2D eigenvalue weighted by Gasteiger charge is 2.55. The molecule has 2 aliphatic carbocycles. The minimum Gasteiger partial charge on any atom is -0.507 e. The van der Waals surface area contributed by atoms with Gasteiger partial charge in [-0.2, -0.15) is 0 Å². The number of carbonyl (C=O) groups is 4. The Labute approximate surface area is 274 Å². The molecule has 3 fully saturated rings. The maximum atomic E-state index is 14.1. The van der Waals surface area contributed by atoms with E-state index in [1.54, 1.807) is 0 Å². The Balaban J connectivity index is 1.29. The number of phenolic OH excluding ortho intramolecular Hbond substituents is 2. The van der Waals surface area contributed by atoms with E-state index in [1.807, 2.05) is 6.92 Å². The minimum absolute atomic E-state index is 0.0115. The van der Waals surface area contributed by atoms with E-state index in [4.69, 9.17) is 29.4 Å². The van der Waals surface area contributed by atoms with Crippen LogP contribution < -0.4 is 11.1 Å². The van der Waals surface area contributed by atoms with Crippen molar-refractivity contribution < 1.29 is 58.2 Å². The van der Waals surface area contributed by atoms with Crippen LogP contribution in [-0.2, 0) is 39.7 Å². The van der Waals surface area contributed by atoms with Gasteiger partial charge in [-0.15, -0.1) is 0 Å². The van der Waals surface area contributed by atoms with Crippen LogP contribution in [0.2, 0.25) is 0 Å². The molecule has 0 saturated carbocycles. The van der Waals surface area contributed by atoms with Crippen molar-refractivity contribution in [3.05, 3.63) is 51.6 Å². The lowest BCUT2D eigenvalue weighted by Gasteiger charge is -2.43. The Morgan fingerprint density at radius 3 is 2.58 bits per heavy atom. The van der Waals surface area contributed by atoms with Gasteiger partial charge in [0.2, 0.25) is 5.91 Å². The highest BCUT2D eigenvalue weighted by atomic mass is 16.7. The van der Waals surface area contributed by atoms with Gasteiger partial charge in [-0.05, 0) is 19.9 Å². The number of methoxy groups -OCH3 is 1. The largest absolute Gasteiger partial charge is 0.507 e. The molecule has 48 heavy (non-hydrogen) atoms. The lowest BCUT2D eigenvalue weighted by Crippen LogP contribution is -2.55. The van der Waals surface area contributed by atoms with Crippen molar-refractivity contribution in [3.8, 4) is 11.5 Å². The summed E-state index contributed by atoms with van der Waals surface area (Å²) < 4.78 is 30.1. The van der Waals surface area contributed by atoms with Crippen molar-refractivity contribution in [1.82, 2.24) is 4.90 Å². The molecule has 15 nitrogen and oxygen atoms in total. The number of rotatable bonds is 6. The monoisotopic (exact) mass is 667 g/mol. The quantitative estimate of drug-likeness (QED) is 0.228. The number of phenols is 2. The van der Waals surface area contributed by atoms with E-state index in [1.165, 1.54) is 32.2 Å². The SMILES string of the molecule is CO[C@H]1OCCN2[C@@H]1O[C@@H]1[C@H](C)OC(O[C@H]3C[C@](O)(C(C)=O)Cc4c(O)c5c(c(O)c43)C(=O)c3c(NC(=O)CN)cccc3C5=O)C[C@@H]12. The minimum atomic E-state index is -2.03. The molecule has 3 aliphatic heterocycles. The van der Waals surface area contributed by atoms with Gasteiger partial charge in [-0.1, -0.05) is 12.1 Å². The van der Waals surface area contributed by atoms with E-state index in [0.717, 1.165) is 0 Å². The second-order valence-corrected chi connectivity index (χ2v) is 12.8. The molecular weight excluding hydrogens is 630 g/mol. The van der Waals surface area contributed by atoms with Crippen LogP contribution in [0, 0.1) is 0 Å². The summed E-state index contributed by atoms with van der Waals surface area (Å²) in [6, 6.07) is 4.07. The van der Waals surface area contributed by atoms with Crippen molar-refractivity contribution in [1.29, 1.82) is 0 Å². The molecule has 2 aromatic carbocycles. The zero-order valence-electron chi connectivity index (χ0n) is 26.6. The predicted octanol–water partition coefficient (Wildman–Crippen LogP) is 0.628. The molecule has 5 aliphatic rings. The second kappa shape index (κ2) is 12.0. The molecule has 0 bridgehead atoms. The Morgan fingerprint density at radius 1 is 1.12 bits per heavy atom. The van der Waals surface area contributed by atoms with Gasteiger partial charge in [0.05, 0.1) is 47.7 Å². The third-order valence-electron chi connectivity index (χ3n) is 10.1. The number of aromatic hydroxyl groups is 2. The van der Waals surface area contributed by atoms with Crippen LogP contribution in [0.15, 0.2) is 18.2 Å². The van der Waals surface area contributed by atoms with E-state index in [2.05, 4.69) is 10.2 Å². The summed E-state index contributed by atoms with van der Waals surface area (Å²) in [5, 5.41) is 37.5. The van der Waals surface area contributed by atoms with E-state index in [9.17, 15) is 34.5 Å². The average Bonchev–Trinajstić information content (AvgIpc) is 3.44. The smallest absolute Gasteiger partial charge is 0.238 e. The summed E-state index contributed by atoms with van der Waals surface area (Å²) in [6.45, 7) is 3.65. The number of amides is 1. The van der Waals surface area contributed by atoms with Crippen LogP contribution in [0.25, 0.3) is 0 Å². The maximum Gasteiger partial charge on any atom is 0.238 e. The maximum absolute atomic E-state index is 14.1. The fourth-order valence-corrected chi connectivity index (χ4v) is 7.77. The van der Waals surface area contributed by atoms with E-state index in [0.29, 0.717) is 19.6 Å². The number of carbonyl (C=O) groups excluding carboxylic acids is 4. The third kappa shape index (κ3) is 4.96.